The summed E-state index contributed by atoms with van der Waals surface area (Å²) in [6.07, 6.45) is 0.662. The largest absolute Gasteiger partial charge is 0.480 e. The quantitative estimate of drug-likeness (QED) is 0.485. The van der Waals surface area contributed by atoms with Gasteiger partial charge >= 0.3 is 0 Å². The Balaban J connectivity index is 3.04. The van der Waals surface area contributed by atoms with E-state index in [9.17, 15) is 0 Å². The van der Waals surface area contributed by atoms with Crippen LogP contribution in [0.1, 0.15) is 54.9 Å². The first-order valence-corrected chi connectivity index (χ1v) is 12.5. The maximum atomic E-state index is 5.79. The fourth-order valence-corrected chi connectivity index (χ4v) is 5.54. The predicted molar refractivity (Wildman–Crippen MR) is 110 cm³/mol. The van der Waals surface area contributed by atoms with Gasteiger partial charge in [-0.1, -0.05) is 34.6 Å². The molecule has 0 saturated carbocycles. The van der Waals surface area contributed by atoms with Gasteiger partial charge in [-0.15, -0.1) is 11.5 Å². The summed E-state index contributed by atoms with van der Waals surface area (Å²) in [7, 11) is -1.43. The highest BCUT2D eigenvalue weighted by Crippen LogP contribution is 2.21. The minimum Gasteiger partial charge on any atom is -0.480 e. The topological polar surface area (TPSA) is 43.2 Å². The molecule has 0 amide bonds. The van der Waals surface area contributed by atoms with E-state index in [1.54, 1.807) is 0 Å². The van der Waals surface area contributed by atoms with Gasteiger partial charge in [0.25, 0.3) is 0 Å². The summed E-state index contributed by atoms with van der Waals surface area (Å²) in [5.41, 5.74) is 3.64. The standard InChI is InChI=1S/C20H36N2O2Si/c1-8-23-19-17(14-13-15-25(10-3,11-4)12-5)21-20(24-9-2)18(22-19)16(6)7/h16-18H,8-12,14H2,1-7H3/t17-,18+/m0/s1. The minimum atomic E-state index is -1.43. The summed E-state index contributed by atoms with van der Waals surface area (Å²) >= 11 is 0. The molecule has 0 spiro atoms. The predicted octanol–water partition coefficient (Wildman–Crippen LogP) is 4.70. The van der Waals surface area contributed by atoms with Gasteiger partial charge in [-0.2, -0.15) is 0 Å². The molecule has 0 unspecified atom stereocenters. The number of nitrogens with zero attached hydrogens (tertiary/aromatic N) is 2. The summed E-state index contributed by atoms with van der Waals surface area (Å²) < 4.78 is 11.6. The van der Waals surface area contributed by atoms with Gasteiger partial charge in [0.15, 0.2) is 0 Å². The number of rotatable bonds is 7. The van der Waals surface area contributed by atoms with Crippen molar-refractivity contribution in [3.63, 3.8) is 0 Å². The first-order chi connectivity index (χ1) is 12.0. The molecule has 25 heavy (non-hydrogen) atoms. The van der Waals surface area contributed by atoms with Crippen molar-refractivity contribution in [3.05, 3.63) is 0 Å². The molecule has 142 valence electrons. The van der Waals surface area contributed by atoms with Crippen LogP contribution in [0.2, 0.25) is 18.1 Å². The van der Waals surface area contributed by atoms with Crippen LogP contribution in [0.5, 0.6) is 0 Å². The van der Waals surface area contributed by atoms with E-state index >= 15 is 0 Å². The van der Waals surface area contributed by atoms with E-state index in [1.807, 2.05) is 13.8 Å². The molecule has 0 bridgehead atoms. The van der Waals surface area contributed by atoms with Gasteiger partial charge in [-0.25, -0.2) is 9.98 Å². The Morgan fingerprint density at radius 2 is 1.48 bits per heavy atom. The van der Waals surface area contributed by atoms with Crippen LogP contribution in [-0.2, 0) is 9.47 Å². The Labute approximate surface area is 155 Å². The number of aliphatic imine (C=N–C) groups is 2. The highest BCUT2D eigenvalue weighted by Gasteiger charge is 2.31. The van der Waals surface area contributed by atoms with Gasteiger partial charge in [0.1, 0.15) is 20.2 Å². The smallest absolute Gasteiger partial charge is 0.210 e. The third-order valence-corrected chi connectivity index (χ3v) is 9.75. The SMILES string of the molecule is CCOC1=N[C@H](C(C)C)C(OCC)=N[C@H]1CC#C[Si](CC)(CC)CC. The van der Waals surface area contributed by atoms with E-state index < -0.39 is 8.07 Å². The van der Waals surface area contributed by atoms with E-state index in [2.05, 4.69) is 46.1 Å². The molecular weight excluding hydrogens is 328 g/mol. The van der Waals surface area contributed by atoms with Crippen LogP contribution in [0.4, 0.5) is 0 Å². The zero-order valence-corrected chi connectivity index (χ0v) is 18.2. The fourth-order valence-electron chi connectivity index (χ4n) is 3.03. The Hall–Kier alpha value is -1.28. The third kappa shape index (κ3) is 5.88. The number of hydrogen-bond donors (Lipinski definition) is 0. The second-order valence-electron chi connectivity index (χ2n) is 6.85. The van der Waals surface area contributed by atoms with Crippen LogP contribution >= 0.6 is 0 Å². The lowest BCUT2D eigenvalue weighted by molar-refractivity contribution is 0.276. The van der Waals surface area contributed by atoms with Crippen molar-refractivity contribution in [2.45, 2.75) is 85.1 Å². The lowest BCUT2D eigenvalue weighted by atomic mass is 10.0. The average molecular weight is 365 g/mol. The summed E-state index contributed by atoms with van der Waals surface area (Å²) in [5.74, 6) is 5.21. The lowest BCUT2D eigenvalue weighted by Crippen LogP contribution is -2.38. The fraction of sp³-hybridized carbons (Fsp3) is 0.800. The molecule has 0 aliphatic carbocycles. The van der Waals surface area contributed by atoms with Crippen molar-refractivity contribution in [3.8, 4) is 11.5 Å². The third-order valence-electron chi connectivity index (χ3n) is 4.98. The van der Waals surface area contributed by atoms with Gasteiger partial charge < -0.3 is 9.47 Å². The minimum absolute atomic E-state index is 0.0545. The van der Waals surface area contributed by atoms with Gasteiger partial charge in [0.05, 0.1) is 13.2 Å². The highest BCUT2D eigenvalue weighted by molar-refractivity contribution is 6.87. The number of ether oxygens (including phenoxy) is 2. The molecule has 1 heterocycles. The van der Waals surface area contributed by atoms with Gasteiger partial charge in [0.2, 0.25) is 11.8 Å². The molecule has 0 fully saturated rings. The Morgan fingerprint density at radius 3 is 1.96 bits per heavy atom. The molecular formula is C20H36N2O2Si. The first kappa shape index (κ1) is 21.8. The van der Waals surface area contributed by atoms with E-state index in [0.717, 1.165) is 11.8 Å². The Morgan fingerprint density at radius 1 is 0.920 bits per heavy atom. The summed E-state index contributed by atoms with van der Waals surface area (Å²) in [6.45, 7) is 16.3. The zero-order chi connectivity index (χ0) is 18.9. The Bertz CT molecular complexity index is 519. The Kier molecular flexibility index (Phi) is 9.27. The van der Waals surface area contributed by atoms with Crippen LogP contribution in [0, 0.1) is 17.4 Å². The normalized spacial score (nSPS) is 20.5. The molecule has 1 aliphatic heterocycles. The number of hydrogen-bond acceptors (Lipinski definition) is 4. The highest BCUT2D eigenvalue weighted by atomic mass is 28.3. The van der Waals surface area contributed by atoms with E-state index in [0.29, 0.717) is 25.6 Å². The molecule has 0 radical (unpaired) electrons. The summed E-state index contributed by atoms with van der Waals surface area (Å²) in [6, 6.07) is 3.45. The lowest BCUT2D eigenvalue weighted by Gasteiger charge is -2.27. The molecule has 1 aliphatic rings. The molecule has 0 aromatic rings. The molecule has 0 N–H and O–H groups in total. The van der Waals surface area contributed by atoms with Crippen LogP contribution in [0.3, 0.4) is 0 Å². The molecule has 1 rings (SSSR count). The van der Waals surface area contributed by atoms with Gasteiger partial charge in [-0.05, 0) is 37.9 Å². The zero-order valence-electron chi connectivity index (χ0n) is 17.2. The van der Waals surface area contributed by atoms with Crippen molar-refractivity contribution in [1.82, 2.24) is 0 Å². The summed E-state index contributed by atoms with van der Waals surface area (Å²) in [4.78, 5) is 9.63. The summed E-state index contributed by atoms with van der Waals surface area (Å²) in [5, 5.41) is 0. The van der Waals surface area contributed by atoms with Crippen molar-refractivity contribution >= 4 is 19.9 Å². The van der Waals surface area contributed by atoms with Gasteiger partial charge in [-0.3, -0.25) is 0 Å². The van der Waals surface area contributed by atoms with Crippen LogP contribution < -0.4 is 0 Å². The second-order valence-corrected chi connectivity index (χ2v) is 11.8. The molecule has 0 aromatic carbocycles. The van der Waals surface area contributed by atoms with Gasteiger partial charge in [0, 0.05) is 6.42 Å². The van der Waals surface area contributed by atoms with E-state index in [1.165, 1.54) is 18.1 Å². The second kappa shape index (κ2) is 10.7. The van der Waals surface area contributed by atoms with Crippen molar-refractivity contribution in [2.24, 2.45) is 15.9 Å². The maximum absolute atomic E-state index is 5.79. The van der Waals surface area contributed by atoms with Crippen molar-refractivity contribution < 1.29 is 9.47 Å². The monoisotopic (exact) mass is 364 g/mol. The molecule has 2 atom stereocenters. The maximum Gasteiger partial charge on any atom is 0.210 e. The van der Waals surface area contributed by atoms with Crippen molar-refractivity contribution in [2.75, 3.05) is 13.2 Å². The van der Waals surface area contributed by atoms with Crippen LogP contribution in [0.15, 0.2) is 9.98 Å². The van der Waals surface area contributed by atoms with Crippen molar-refractivity contribution in [1.29, 1.82) is 0 Å². The van der Waals surface area contributed by atoms with E-state index in [4.69, 9.17) is 19.5 Å². The van der Waals surface area contributed by atoms with Crippen LogP contribution in [0.25, 0.3) is 0 Å². The molecule has 5 heteroatoms. The first-order valence-electron chi connectivity index (χ1n) is 9.87. The molecule has 0 aromatic heterocycles. The van der Waals surface area contributed by atoms with Crippen LogP contribution in [-0.4, -0.2) is 45.2 Å². The average Bonchev–Trinajstić information content (AvgIpc) is 2.61. The molecule has 0 saturated heterocycles. The molecule has 4 nitrogen and oxygen atoms in total. The van der Waals surface area contributed by atoms with E-state index in [-0.39, 0.29) is 12.1 Å².